The van der Waals surface area contributed by atoms with Crippen LogP contribution >= 0.6 is 0 Å². The van der Waals surface area contributed by atoms with Crippen LogP contribution in [-0.2, 0) is 0 Å². The van der Waals surface area contributed by atoms with E-state index in [1.54, 1.807) is 6.92 Å². The molecule has 3 aromatic rings. The molecule has 23 heavy (non-hydrogen) atoms. The smallest absolute Gasteiger partial charge is 0.267 e. The van der Waals surface area contributed by atoms with Crippen LogP contribution in [-0.4, -0.2) is 25.6 Å². The maximum atomic E-state index is 12.5. The van der Waals surface area contributed by atoms with Gasteiger partial charge in [-0.15, -0.1) is 5.10 Å². The molecular weight excluding hydrogens is 294 g/mol. The maximum Gasteiger partial charge on any atom is 0.290 e. The molecule has 3 rings (SSSR count). The molecule has 7 nitrogen and oxygen atoms in total. The second-order valence-corrected chi connectivity index (χ2v) is 5.16. The summed E-state index contributed by atoms with van der Waals surface area (Å²) in [6, 6.07) is 12.5. The summed E-state index contributed by atoms with van der Waals surface area (Å²) < 4.78 is 2.63. The number of carbonyl (C=O) groups is 1. The molecule has 1 amide bonds. The summed E-state index contributed by atoms with van der Waals surface area (Å²) in [7, 11) is 0. The number of aromatic nitrogens is 4. The predicted molar refractivity (Wildman–Crippen MR) is 85.2 cm³/mol. The van der Waals surface area contributed by atoms with Crippen molar-refractivity contribution >= 4 is 5.91 Å². The number of amides is 1. The van der Waals surface area contributed by atoms with Crippen molar-refractivity contribution in [2.45, 2.75) is 13.8 Å². The minimum Gasteiger partial charge on any atom is -0.267 e. The largest absolute Gasteiger partial charge is 0.290 e. The van der Waals surface area contributed by atoms with Gasteiger partial charge in [0.15, 0.2) is 5.69 Å². The van der Waals surface area contributed by atoms with E-state index in [2.05, 4.69) is 15.7 Å². The van der Waals surface area contributed by atoms with E-state index in [4.69, 9.17) is 0 Å². The Morgan fingerprint density at radius 1 is 1.13 bits per heavy atom. The van der Waals surface area contributed by atoms with Crippen molar-refractivity contribution in [3.05, 3.63) is 76.0 Å². The van der Waals surface area contributed by atoms with Gasteiger partial charge in [0, 0.05) is 11.8 Å². The Hall–Kier alpha value is -3.22. The van der Waals surface area contributed by atoms with Crippen molar-refractivity contribution in [2.75, 3.05) is 5.43 Å². The monoisotopic (exact) mass is 309 g/mol. The van der Waals surface area contributed by atoms with E-state index < -0.39 is 5.91 Å². The zero-order valence-corrected chi connectivity index (χ0v) is 12.7. The highest BCUT2D eigenvalue weighted by atomic mass is 16.2. The lowest BCUT2D eigenvalue weighted by molar-refractivity contribution is 0.0999. The third-order valence-corrected chi connectivity index (χ3v) is 3.36. The SMILES string of the molecule is Cc1cc(C)n(NC(=O)c2cnnn2-c2ccccc2)c(=O)c1. The van der Waals surface area contributed by atoms with Gasteiger partial charge in [-0.2, -0.15) is 0 Å². The van der Waals surface area contributed by atoms with Crippen LogP contribution in [0.15, 0.2) is 53.5 Å². The van der Waals surface area contributed by atoms with Crippen molar-refractivity contribution in [2.24, 2.45) is 0 Å². The van der Waals surface area contributed by atoms with Crippen LogP contribution in [0.1, 0.15) is 21.7 Å². The third kappa shape index (κ3) is 2.89. The molecule has 0 aliphatic rings. The van der Waals surface area contributed by atoms with Crippen LogP contribution in [0.25, 0.3) is 5.69 Å². The van der Waals surface area contributed by atoms with Gasteiger partial charge in [0.25, 0.3) is 11.5 Å². The van der Waals surface area contributed by atoms with Gasteiger partial charge in [-0.3, -0.25) is 15.0 Å². The van der Waals surface area contributed by atoms with Crippen molar-refractivity contribution in [3.63, 3.8) is 0 Å². The number of benzene rings is 1. The first-order valence-corrected chi connectivity index (χ1v) is 7.04. The number of para-hydroxylation sites is 1. The molecular formula is C16H15N5O2. The maximum absolute atomic E-state index is 12.5. The lowest BCUT2D eigenvalue weighted by Gasteiger charge is -2.12. The number of nitrogens with zero attached hydrogens (tertiary/aromatic N) is 4. The molecule has 7 heteroatoms. The highest BCUT2D eigenvalue weighted by Crippen LogP contribution is 2.09. The first-order valence-electron chi connectivity index (χ1n) is 7.04. The molecule has 0 atom stereocenters. The molecule has 1 N–H and O–H groups in total. The van der Waals surface area contributed by atoms with Gasteiger partial charge in [-0.1, -0.05) is 23.4 Å². The molecule has 2 aromatic heterocycles. The second-order valence-electron chi connectivity index (χ2n) is 5.16. The van der Waals surface area contributed by atoms with Gasteiger partial charge in [0.05, 0.1) is 11.9 Å². The first kappa shape index (κ1) is 14.7. The van der Waals surface area contributed by atoms with Gasteiger partial charge in [0.2, 0.25) is 0 Å². The summed E-state index contributed by atoms with van der Waals surface area (Å²) in [4.78, 5) is 24.5. The molecule has 0 aliphatic heterocycles. The van der Waals surface area contributed by atoms with Crippen molar-refractivity contribution in [1.82, 2.24) is 19.7 Å². The average molecular weight is 309 g/mol. The van der Waals surface area contributed by atoms with E-state index in [9.17, 15) is 9.59 Å². The fourth-order valence-electron chi connectivity index (χ4n) is 2.32. The highest BCUT2D eigenvalue weighted by molar-refractivity contribution is 5.98. The summed E-state index contributed by atoms with van der Waals surface area (Å²) in [5.41, 5.74) is 4.72. The Morgan fingerprint density at radius 3 is 2.57 bits per heavy atom. The summed E-state index contributed by atoms with van der Waals surface area (Å²) in [6.45, 7) is 3.58. The molecule has 0 bridgehead atoms. The van der Waals surface area contributed by atoms with Crippen LogP contribution in [0.4, 0.5) is 0 Å². The topological polar surface area (TPSA) is 81.8 Å². The fraction of sp³-hybridized carbons (Fsp3) is 0.125. The molecule has 116 valence electrons. The number of rotatable bonds is 3. The molecule has 0 radical (unpaired) electrons. The quantitative estimate of drug-likeness (QED) is 0.793. The van der Waals surface area contributed by atoms with Gasteiger partial charge < -0.3 is 0 Å². The molecule has 0 aliphatic carbocycles. The number of hydrogen-bond acceptors (Lipinski definition) is 4. The average Bonchev–Trinajstić information content (AvgIpc) is 3.01. The van der Waals surface area contributed by atoms with Gasteiger partial charge in [-0.05, 0) is 37.6 Å². The number of pyridine rings is 1. The van der Waals surface area contributed by atoms with Crippen molar-refractivity contribution in [1.29, 1.82) is 0 Å². The lowest BCUT2D eigenvalue weighted by atomic mass is 10.2. The highest BCUT2D eigenvalue weighted by Gasteiger charge is 2.16. The first-order chi connectivity index (χ1) is 11.1. The Kier molecular flexibility index (Phi) is 3.76. The van der Waals surface area contributed by atoms with Crippen molar-refractivity contribution in [3.8, 4) is 5.69 Å². The number of nitrogens with one attached hydrogen (secondary N) is 1. The van der Waals surface area contributed by atoms with Crippen LogP contribution in [0.5, 0.6) is 0 Å². The molecule has 0 saturated carbocycles. The molecule has 1 aromatic carbocycles. The van der Waals surface area contributed by atoms with Gasteiger partial charge >= 0.3 is 0 Å². The normalized spacial score (nSPS) is 10.5. The summed E-state index contributed by atoms with van der Waals surface area (Å²) in [5, 5.41) is 7.71. The second kappa shape index (κ2) is 5.88. The molecule has 0 unspecified atom stereocenters. The summed E-state index contributed by atoms with van der Waals surface area (Å²) in [5.74, 6) is -0.465. The van der Waals surface area contributed by atoms with E-state index >= 15 is 0 Å². The predicted octanol–water partition coefficient (Wildman–Crippen LogP) is 1.43. The lowest BCUT2D eigenvalue weighted by Crippen LogP contribution is -2.35. The molecule has 0 spiro atoms. The van der Waals surface area contributed by atoms with E-state index in [0.29, 0.717) is 11.4 Å². The van der Waals surface area contributed by atoms with E-state index in [1.165, 1.54) is 21.6 Å². The van der Waals surface area contributed by atoms with E-state index in [0.717, 1.165) is 5.56 Å². The molecule has 2 heterocycles. The minimum absolute atomic E-state index is 0.239. The van der Waals surface area contributed by atoms with Gasteiger partial charge in [0.1, 0.15) is 0 Å². The fourth-order valence-corrected chi connectivity index (χ4v) is 2.32. The Balaban J connectivity index is 1.95. The zero-order valence-electron chi connectivity index (χ0n) is 12.7. The van der Waals surface area contributed by atoms with Crippen LogP contribution in [0, 0.1) is 13.8 Å². The Morgan fingerprint density at radius 2 is 1.87 bits per heavy atom. The Bertz CT molecular complexity index is 912. The van der Waals surface area contributed by atoms with Crippen LogP contribution < -0.4 is 11.0 Å². The zero-order chi connectivity index (χ0) is 16.4. The minimum atomic E-state index is -0.465. The standard InChI is InChI=1S/C16H15N5O2/c1-11-8-12(2)20(15(22)9-11)18-16(23)14-10-17-19-21(14)13-6-4-3-5-7-13/h3-10H,1-2H3,(H,18,23). The van der Waals surface area contributed by atoms with Crippen LogP contribution in [0.2, 0.25) is 0 Å². The molecule has 0 saturated heterocycles. The summed E-state index contributed by atoms with van der Waals surface area (Å²) in [6.07, 6.45) is 1.36. The van der Waals surface area contributed by atoms with E-state index in [-0.39, 0.29) is 11.3 Å². The van der Waals surface area contributed by atoms with Crippen LogP contribution in [0.3, 0.4) is 0 Å². The van der Waals surface area contributed by atoms with Gasteiger partial charge in [-0.25, -0.2) is 9.36 Å². The number of hydrogen-bond donors (Lipinski definition) is 1. The molecule has 0 fully saturated rings. The van der Waals surface area contributed by atoms with E-state index in [1.807, 2.05) is 43.3 Å². The summed E-state index contributed by atoms with van der Waals surface area (Å²) >= 11 is 0. The number of aryl methyl sites for hydroxylation is 2. The number of carbonyl (C=O) groups excluding carboxylic acids is 1. The third-order valence-electron chi connectivity index (χ3n) is 3.36. The Labute approximate surface area is 132 Å². The van der Waals surface area contributed by atoms with Crippen molar-refractivity contribution < 1.29 is 4.79 Å².